The molecule has 0 aliphatic rings. The molecule has 9 nitrogen and oxygen atoms in total. The Bertz CT molecular complexity index is 1620. The topological polar surface area (TPSA) is 114 Å². The Labute approximate surface area is 521 Å². The van der Waals surface area contributed by atoms with Crippen molar-refractivity contribution in [3.63, 3.8) is 0 Å². The Balaban J connectivity index is 5.02. The molecule has 0 saturated carbocycles. The van der Waals surface area contributed by atoms with Crippen molar-refractivity contribution in [3.8, 4) is 0 Å². The Morgan fingerprint density at radius 3 is 1.11 bits per heavy atom. The third kappa shape index (κ3) is 64.2. The lowest BCUT2D eigenvalue weighted by molar-refractivity contribution is -0.870. The van der Waals surface area contributed by atoms with Gasteiger partial charge < -0.3 is 28.5 Å². The van der Waals surface area contributed by atoms with Gasteiger partial charge in [0.25, 0.3) is 7.82 Å². The van der Waals surface area contributed by atoms with Gasteiger partial charge >= 0.3 is 5.97 Å². The van der Waals surface area contributed by atoms with E-state index in [2.05, 4.69) is 74.7 Å². The van der Waals surface area contributed by atoms with Crippen LogP contribution in [0.25, 0.3) is 0 Å². The Kier molecular flexibility index (Phi) is 62.0. The molecule has 0 bridgehead atoms. The zero-order valence-electron chi connectivity index (χ0n) is 56.4. The zero-order valence-corrected chi connectivity index (χ0v) is 57.3. The number of unbranched alkanes of at least 4 members (excludes halogenated alkanes) is 42. The van der Waals surface area contributed by atoms with Crippen LogP contribution in [0.1, 0.15) is 348 Å². The number of hydrogen-bond donors (Lipinski definition) is 1. The van der Waals surface area contributed by atoms with Gasteiger partial charge in [-0.3, -0.25) is 14.2 Å². The van der Waals surface area contributed by atoms with Crippen LogP contribution in [0.2, 0.25) is 0 Å². The maximum absolute atomic E-state index is 13.6. The predicted octanol–water partition coefficient (Wildman–Crippen LogP) is 22.3. The first-order chi connectivity index (χ1) is 40.9. The number of ether oxygens (including phenoxy) is 1. The molecule has 0 aliphatic carbocycles. The van der Waals surface area contributed by atoms with Crippen LogP contribution in [0, 0.1) is 0 Å². The molecule has 10 heteroatoms. The maximum atomic E-state index is 13.6. The van der Waals surface area contributed by atoms with Crippen LogP contribution >= 0.6 is 7.82 Å². The van der Waals surface area contributed by atoms with Gasteiger partial charge in [0.15, 0.2) is 0 Å². The summed E-state index contributed by atoms with van der Waals surface area (Å²) in [6, 6.07) is -0.890. The van der Waals surface area contributed by atoms with E-state index >= 15 is 0 Å². The number of nitrogens with one attached hydrogen (secondary N) is 1. The maximum Gasteiger partial charge on any atom is 0.306 e. The highest BCUT2D eigenvalue weighted by Crippen LogP contribution is 2.38. The van der Waals surface area contributed by atoms with Crippen molar-refractivity contribution < 1.29 is 37.3 Å². The molecule has 0 aromatic carbocycles. The summed E-state index contributed by atoms with van der Waals surface area (Å²) < 4.78 is 30.5. The molecule has 84 heavy (non-hydrogen) atoms. The monoisotopic (exact) mass is 1200 g/mol. The number of allylic oxidation sites excluding steroid dienone is 9. The number of carbonyl (C=O) groups excluding carboxylic acids is 2. The first-order valence-corrected chi connectivity index (χ1v) is 37.6. The number of amides is 1. The van der Waals surface area contributed by atoms with E-state index < -0.39 is 20.0 Å². The van der Waals surface area contributed by atoms with Crippen LogP contribution in [0.5, 0.6) is 0 Å². The van der Waals surface area contributed by atoms with Crippen LogP contribution in [0.3, 0.4) is 0 Å². The second kappa shape index (κ2) is 63.7. The largest absolute Gasteiger partial charge is 0.756 e. The number of phosphoric ester groups is 1. The fourth-order valence-electron chi connectivity index (χ4n) is 10.6. The van der Waals surface area contributed by atoms with Gasteiger partial charge in [0, 0.05) is 12.8 Å². The molecule has 0 aromatic rings. The lowest BCUT2D eigenvalue weighted by atomic mass is 10.0. The molecule has 3 unspecified atom stereocenters. The van der Waals surface area contributed by atoms with Gasteiger partial charge in [0.1, 0.15) is 19.3 Å². The number of phosphoric acid groups is 1. The highest BCUT2D eigenvalue weighted by Gasteiger charge is 2.27. The average molecular weight is 1200 g/mol. The van der Waals surface area contributed by atoms with Crippen molar-refractivity contribution in [1.82, 2.24) is 5.32 Å². The van der Waals surface area contributed by atoms with E-state index in [0.29, 0.717) is 17.4 Å². The van der Waals surface area contributed by atoms with Gasteiger partial charge in [-0.05, 0) is 76.7 Å². The summed E-state index contributed by atoms with van der Waals surface area (Å²) in [6.07, 6.45) is 82.0. The van der Waals surface area contributed by atoms with Crippen molar-refractivity contribution in [3.05, 3.63) is 60.8 Å². The number of rotatable bonds is 66. The van der Waals surface area contributed by atoms with Crippen LogP contribution in [-0.4, -0.2) is 69.4 Å². The van der Waals surface area contributed by atoms with E-state index in [1.165, 1.54) is 238 Å². The highest BCUT2D eigenvalue weighted by molar-refractivity contribution is 7.45. The van der Waals surface area contributed by atoms with Crippen LogP contribution in [0.4, 0.5) is 0 Å². The van der Waals surface area contributed by atoms with Crippen molar-refractivity contribution in [1.29, 1.82) is 0 Å². The number of likely N-dealkylation sites (N-methyl/N-ethyl adjacent to an activating group) is 1. The number of nitrogens with zero attached hydrogens (tertiary/aromatic N) is 1. The Morgan fingerprint density at radius 1 is 0.417 bits per heavy atom. The van der Waals surface area contributed by atoms with Gasteiger partial charge in [-0.1, -0.05) is 319 Å². The standard InChI is InChI=1S/C74H139N2O7P/c1-7-10-13-16-19-22-25-28-30-32-34-35-36-37-38-39-40-41-43-44-46-48-51-54-57-60-63-66-73(77)75-71(70-82-84(79,80)81-69-68-76(4,5)6)72(65-62-59-56-53-50-27-24-21-18-15-12-9-3)83-74(78)67-64-61-58-55-52-49-47-45-42-33-31-29-26-23-20-17-14-11-8-2/h19,22,28,30,34-35,37-38,62,65,71-72H,7-18,20-21,23-27,29,31-33,36,39-61,63-64,66-70H2,1-6H3,(H-,75,77,79,80)/b22-19-,30-28-,35-34-,38-37-,65-62-. The van der Waals surface area contributed by atoms with E-state index in [-0.39, 0.29) is 31.5 Å². The number of esters is 1. The smallest absolute Gasteiger partial charge is 0.306 e. The van der Waals surface area contributed by atoms with Crippen molar-refractivity contribution in [2.24, 2.45) is 0 Å². The Morgan fingerprint density at radius 2 is 0.726 bits per heavy atom. The SMILES string of the molecule is CCCCC/C=C\C/C=C\C/C=C\C/C=C\CCCCCCCCCCCCCC(=O)NC(COP(=O)([O-])OCC[N+](C)(C)C)C(/C=C\CCCCCCCCCCCC)OC(=O)CCCCCCCCCCCCCCCCCCCCC. The van der Waals surface area contributed by atoms with Crippen LogP contribution < -0.4 is 10.2 Å². The highest BCUT2D eigenvalue weighted by atomic mass is 31.2. The summed E-state index contributed by atoms with van der Waals surface area (Å²) in [4.78, 5) is 40.2. The van der Waals surface area contributed by atoms with Gasteiger partial charge in [-0.15, -0.1) is 0 Å². The van der Waals surface area contributed by atoms with Gasteiger partial charge in [0.05, 0.1) is 33.8 Å². The van der Waals surface area contributed by atoms with Crippen LogP contribution in [-0.2, 0) is 27.9 Å². The molecule has 492 valence electrons. The van der Waals surface area contributed by atoms with Crippen molar-refractivity contribution in [2.45, 2.75) is 360 Å². The number of carbonyl (C=O) groups is 2. The minimum absolute atomic E-state index is 0.0221. The molecular formula is C74H139N2O7P. The molecule has 0 rings (SSSR count). The second-order valence-electron chi connectivity index (χ2n) is 25.7. The zero-order chi connectivity index (χ0) is 61.4. The molecule has 0 aromatic heterocycles. The van der Waals surface area contributed by atoms with E-state index in [4.69, 9.17) is 13.8 Å². The minimum atomic E-state index is -4.70. The van der Waals surface area contributed by atoms with Crippen molar-refractivity contribution >= 4 is 19.7 Å². The molecule has 0 fully saturated rings. The van der Waals surface area contributed by atoms with Gasteiger partial charge in [-0.25, -0.2) is 0 Å². The number of quaternary nitrogens is 1. The summed E-state index contributed by atoms with van der Waals surface area (Å²) in [5, 5.41) is 3.05. The third-order valence-electron chi connectivity index (χ3n) is 16.2. The summed E-state index contributed by atoms with van der Waals surface area (Å²) in [6.45, 7) is 6.86. The quantitative estimate of drug-likeness (QED) is 0.0212. The third-order valence-corrected chi connectivity index (χ3v) is 17.2. The summed E-state index contributed by atoms with van der Waals surface area (Å²) in [5.41, 5.74) is 0. The molecular weight excluding hydrogens is 1060 g/mol. The predicted molar refractivity (Wildman–Crippen MR) is 362 cm³/mol. The molecule has 0 radical (unpaired) electrons. The summed E-state index contributed by atoms with van der Waals surface area (Å²) in [5.74, 6) is -0.529. The average Bonchev–Trinajstić information content (AvgIpc) is 3.64. The van der Waals surface area contributed by atoms with Crippen molar-refractivity contribution in [2.75, 3.05) is 40.9 Å². The minimum Gasteiger partial charge on any atom is -0.756 e. The van der Waals surface area contributed by atoms with E-state index in [1.54, 1.807) is 0 Å². The van der Waals surface area contributed by atoms with E-state index in [0.717, 1.165) is 77.0 Å². The van der Waals surface area contributed by atoms with Gasteiger partial charge in [-0.2, -0.15) is 0 Å². The van der Waals surface area contributed by atoms with E-state index in [1.807, 2.05) is 33.3 Å². The molecule has 0 spiro atoms. The lowest BCUT2D eigenvalue weighted by Gasteiger charge is -2.30. The normalized spacial score (nSPS) is 13.8. The molecule has 0 saturated heterocycles. The van der Waals surface area contributed by atoms with Gasteiger partial charge in [0.2, 0.25) is 5.91 Å². The molecule has 1 amide bonds. The molecule has 0 heterocycles. The Hall–Kier alpha value is -2.29. The first-order valence-electron chi connectivity index (χ1n) is 36.1. The second-order valence-corrected chi connectivity index (χ2v) is 27.2. The fraction of sp³-hybridized carbons (Fsp3) is 0.838. The summed E-state index contributed by atoms with van der Waals surface area (Å²) in [7, 11) is 1.19. The summed E-state index contributed by atoms with van der Waals surface area (Å²) >= 11 is 0. The van der Waals surface area contributed by atoms with Crippen LogP contribution in [0.15, 0.2) is 60.8 Å². The molecule has 3 atom stereocenters. The fourth-order valence-corrected chi connectivity index (χ4v) is 11.3. The lowest BCUT2D eigenvalue weighted by Crippen LogP contribution is -2.47. The number of hydrogen-bond acceptors (Lipinski definition) is 7. The molecule has 0 aliphatic heterocycles. The first kappa shape index (κ1) is 81.7. The van der Waals surface area contributed by atoms with E-state index in [9.17, 15) is 19.0 Å². The molecule has 1 N–H and O–H groups in total.